The molecule has 0 saturated heterocycles. The van der Waals surface area contributed by atoms with Crippen LogP contribution in [0.4, 0.5) is 0 Å². The van der Waals surface area contributed by atoms with Crippen LogP contribution in [0.1, 0.15) is 32.2 Å². The van der Waals surface area contributed by atoms with E-state index < -0.39 is 0 Å². The van der Waals surface area contributed by atoms with Crippen LogP contribution in [-0.4, -0.2) is 35.6 Å². The fourth-order valence-electron chi connectivity index (χ4n) is 1.92. The van der Waals surface area contributed by atoms with Crippen molar-refractivity contribution in [3.8, 4) is 0 Å². The van der Waals surface area contributed by atoms with Crippen molar-refractivity contribution in [1.82, 2.24) is 15.2 Å². The second-order valence-corrected chi connectivity index (χ2v) is 5.36. The highest BCUT2D eigenvalue weighted by Crippen LogP contribution is 2.05. The molecule has 0 aromatic carbocycles. The van der Waals surface area contributed by atoms with E-state index in [0.717, 1.165) is 37.6 Å². The Bertz CT molecular complexity index is 399. The van der Waals surface area contributed by atoms with E-state index in [1.54, 1.807) is 0 Å². The Kier molecular flexibility index (Phi) is 6.74. The maximum atomic E-state index is 4.56. The zero-order valence-electron chi connectivity index (χ0n) is 12.7. The Balaban J connectivity index is 2.47. The Morgan fingerprint density at radius 1 is 1.42 bits per heavy atom. The summed E-state index contributed by atoms with van der Waals surface area (Å²) in [5, 5.41) is 3.41. The van der Waals surface area contributed by atoms with E-state index in [2.05, 4.69) is 54.7 Å². The van der Waals surface area contributed by atoms with Gasteiger partial charge in [-0.05, 0) is 31.2 Å². The van der Waals surface area contributed by atoms with Gasteiger partial charge in [-0.15, -0.1) is 0 Å². The normalized spacial score (nSPS) is 11.3. The van der Waals surface area contributed by atoms with Crippen LogP contribution in [0.3, 0.4) is 0 Å². The van der Waals surface area contributed by atoms with Gasteiger partial charge in [-0.1, -0.05) is 33.4 Å². The molecule has 19 heavy (non-hydrogen) atoms. The smallest absolute Gasteiger partial charge is 0.0547 e. The molecule has 0 bridgehead atoms. The van der Waals surface area contributed by atoms with Crippen LogP contribution in [0, 0.1) is 6.92 Å². The first-order valence-electron chi connectivity index (χ1n) is 7.06. The molecule has 0 amide bonds. The van der Waals surface area contributed by atoms with Gasteiger partial charge in [-0.25, -0.2) is 0 Å². The second kappa shape index (κ2) is 8.08. The van der Waals surface area contributed by atoms with Gasteiger partial charge in [0.1, 0.15) is 0 Å². The molecule has 0 spiro atoms. The maximum Gasteiger partial charge on any atom is 0.0547 e. The quantitative estimate of drug-likeness (QED) is 0.729. The summed E-state index contributed by atoms with van der Waals surface area (Å²) < 4.78 is 0. The van der Waals surface area contributed by atoms with Gasteiger partial charge in [-0.3, -0.25) is 9.88 Å². The van der Waals surface area contributed by atoms with Gasteiger partial charge in [-0.2, -0.15) is 0 Å². The highest BCUT2D eigenvalue weighted by Gasteiger charge is 2.07. The van der Waals surface area contributed by atoms with Gasteiger partial charge in [0.05, 0.1) is 5.69 Å². The van der Waals surface area contributed by atoms with Crippen molar-refractivity contribution in [2.45, 2.75) is 40.3 Å². The van der Waals surface area contributed by atoms with E-state index in [9.17, 15) is 0 Å². The predicted molar refractivity (Wildman–Crippen MR) is 82.2 cm³/mol. The summed E-state index contributed by atoms with van der Waals surface area (Å²) in [6, 6.07) is 6.70. The highest BCUT2D eigenvalue weighted by molar-refractivity contribution is 5.10. The van der Waals surface area contributed by atoms with E-state index in [0.29, 0.717) is 6.04 Å². The van der Waals surface area contributed by atoms with Gasteiger partial charge < -0.3 is 5.32 Å². The average molecular weight is 261 g/mol. The van der Waals surface area contributed by atoms with Crippen LogP contribution in [0.5, 0.6) is 0 Å². The molecule has 0 aliphatic heterocycles. The van der Waals surface area contributed by atoms with Crippen molar-refractivity contribution in [3.63, 3.8) is 0 Å². The number of nitrogens with zero attached hydrogens (tertiary/aromatic N) is 2. The first-order valence-corrected chi connectivity index (χ1v) is 7.06. The van der Waals surface area contributed by atoms with Crippen LogP contribution in [0.2, 0.25) is 0 Å². The SMILES string of the molecule is C=C(CNC(C)C)CN(CC)Cc1cccc(C)n1. The van der Waals surface area contributed by atoms with Crippen LogP contribution in [0.25, 0.3) is 0 Å². The van der Waals surface area contributed by atoms with Crippen molar-refractivity contribution in [2.24, 2.45) is 0 Å². The summed E-state index contributed by atoms with van der Waals surface area (Å²) in [7, 11) is 0. The molecule has 1 aromatic heterocycles. The number of hydrogen-bond acceptors (Lipinski definition) is 3. The molecule has 0 unspecified atom stereocenters. The molecule has 3 heteroatoms. The van der Waals surface area contributed by atoms with Gasteiger partial charge in [0.25, 0.3) is 0 Å². The second-order valence-electron chi connectivity index (χ2n) is 5.36. The molecule has 0 radical (unpaired) electrons. The minimum Gasteiger partial charge on any atom is -0.311 e. The summed E-state index contributed by atoms with van der Waals surface area (Å²) in [6.45, 7) is 16.4. The van der Waals surface area contributed by atoms with Crippen molar-refractivity contribution < 1.29 is 0 Å². The third-order valence-electron chi connectivity index (χ3n) is 2.99. The summed E-state index contributed by atoms with van der Waals surface area (Å²) in [4.78, 5) is 6.92. The molecule has 0 saturated carbocycles. The van der Waals surface area contributed by atoms with E-state index in [1.165, 1.54) is 5.57 Å². The standard InChI is InChI=1S/C16H27N3/c1-6-19(11-14(4)10-17-13(2)3)12-16-9-7-8-15(5)18-16/h7-9,13,17H,4,6,10-12H2,1-3,5H3. The topological polar surface area (TPSA) is 28.2 Å². The lowest BCUT2D eigenvalue weighted by Gasteiger charge is -2.22. The first kappa shape index (κ1) is 15.9. The Hall–Kier alpha value is -1.19. The van der Waals surface area contributed by atoms with Gasteiger partial charge in [0, 0.05) is 31.4 Å². The van der Waals surface area contributed by atoms with Crippen molar-refractivity contribution in [1.29, 1.82) is 0 Å². The molecule has 1 N–H and O–H groups in total. The van der Waals surface area contributed by atoms with Crippen molar-refractivity contribution in [2.75, 3.05) is 19.6 Å². The molecule has 106 valence electrons. The number of rotatable bonds is 8. The molecule has 0 aliphatic carbocycles. The molecular formula is C16H27N3. The maximum absolute atomic E-state index is 4.56. The number of likely N-dealkylation sites (N-methyl/N-ethyl adjacent to an activating group) is 1. The monoisotopic (exact) mass is 261 g/mol. The highest BCUT2D eigenvalue weighted by atomic mass is 15.1. The lowest BCUT2D eigenvalue weighted by Crippen LogP contribution is -2.31. The van der Waals surface area contributed by atoms with Crippen LogP contribution >= 0.6 is 0 Å². The van der Waals surface area contributed by atoms with Gasteiger partial charge in [0.15, 0.2) is 0 Å². The Labute approximate surface area is 117 Å². The van der Waals surface area contributed by atoms with Gasteiger partial charge in [0.2, 0.25) is 0 Å². The fraction of sp³-hybridized carbons (Fsp3) is 0.562. The average Bonchev–Trinajstić information content (AvgIpc) is 2.35. The lowest BCUT2D eigenvalue weighted by molar-refractivity contribution is 0.298. The summed E-state index contributed by atoms with van der Waals surface area (Å²) in [6.07, 6.45) is 0. The van der Waals surface area contributed by atoms with E-state index in [4.69, 9.17) is 0 Å². The molecular weight excluding hydrogens is 234 g/mol. The number of aryl methyl sites for hydroxylation is 1. The zero-order valence-corrected chi connectivity index (χ0v) is 12.7. The molecule has 1 rings (SSSR count). The fourth-order valence-corrected chi connectivity index (χ4v) is 1.92. The number of pyridine rings is 1. The summed E-state index contributed by atoms with van der Waals surface area (Å²) in [5.74, 6) is 0. The molecule has 3 nitrogen and oxygen atoms in total. The molecule has 0 fully saturated rings. The molecule has 0 aliphatic rings. The number of hydrogen-bond donors (Lipinski definition) is 1. The summed E-state index contributed by atoms with van der Waals surface area (Å²) >= 11 is 0. The molecule has 1 aromatic rings. The minimum absolute atomic E-state index is 0.505. The van der Waals surface area contributed by atoms with Crippen LogP contribution in [-0.2, 0) is 6.54 Å². The lowest BCUT2D eigenvalue weighted by atomic mass is 10.2. The third-order valence-corrected chi connectivity index (χ3v) is 2.99. The van der Waals surface area contributed by atoms with Crippen molar-refractivity contribution in [3.05, 3.63) is 41.7 Å². The van der Waals surface area contributed by atoms with E-state index in [1.807, 2.05) is 13.0 Å². The number of aromatic nitrogens is 1. The first-order chi connectivity index (χ1) is 9.01. The summed E-state index contributed by atoms with van der Waals surface area (Å²) in [5.41, 5.74) is 3.43. The van der Waals surface area contributed by atoms with Crippen LogP contribution < -0.4 is 5.32 Å². The largest absolute Gasteiger partial charge is 0.311 e. The molecule has 0 atom stereocenters. The Morgan fingerprint density at radius 2 is 2.16 bits per heavy atom. The molecule has 1 heterocycles. The predicted octanol–water partition coefficient (Wildman–Crippen LogP) is 2.77. The minimum atomic E-state index is 0.505. The van der Waals surface area contributed by atoms with Gasteiger partial charge >= 0.3 is 0 Å². The van der Waals surface area contributed by atoms with Crippen molar-refractivity contribution >= 4 is 0 Å². The van der Waals surface area contributed by atoms with Crippen LogP contribution in [0.15, 0.2) is 30.4 Å². The van der Waals surface area contributed by atoms with E-state index >= 15 is 0 Å². The van der Waals surface area contributed by atoms with E-state index in [-0.39, 0.29) is 0 Å². The Morgan fingerprint density at radius 3 is 2.74 bits per heavy atom. The number of nitrogens with one attached hydrogen (secondary N) is 1. The third kappa shape index (κ3) is 6.50. The zero-order chi connectivity index (χ0) is 14.3.